The Morgan fingerprint density at radius 3 is 2.61 bits per heavy atom. The highest BCUT2D eigenvalue weighted by Crippen LogP contribution is 2.60. The smallest absolute Gasteiger partial charge is 0.269 e. The number of hydrogen-bond acceptors (Lipinski definition) is 8. The fraction of sp³-hybridized carbons (Fsp3) is 0.432. The molecule has 12 heteroatoms. The number of para-hydroxylation sites is 2. The predicted octanol–water partition coefficient (Wildman–Crippen LogP) is 4.47. The summed E-state index contributed by atoms with van der Waals surface area (Å²) >= 11 is 0. The molecule has 3 amide bonds. The number of fused-ring (bicyclic) bond motifs is 3. The Balaban J connectivity index is 1.25. The molecule has 0 saturated carbocycles. The van der Waals surface area contributed by atoms with Crippen molar-refractivity contribution < 1.29 is 38.5 Å². The number of hydrogen-bond donors (Lipinski definition) is 2. The van der Waals surface area contributed by atoms with Gasteiger partial charge in [0.15, 0.2) is 20.5 Å². The lowest BCUT2D eigenvalue weighted by atomic mass is 9.82. The maximum absolute atomic E-state index is 14.9. The van der Waals surface area contributed by atoms with Gasteiger partial charge in [-0.05, 0) is 74.0 Å². The van der Waals surface area contributed by atoms with Crippen LogP contribution in [0.3, 0.4) is 0 Å². The summed E-state index contributed by atoms with van der Waals surface area (Å²) < 4.78 is 18.1. The molecule has 2 fully saturated rings. The van der Waals surface area contributed by atoms with Crippen LogP contribution < -0.4 is 19.3 Å². The van der Waals surface area contributed by atoms with E-state index >= 15 is 0 Å². The van der Waals surface area contributed by atoms with Gasteiger partial charge >= 0.3 is 0 Å². The zero-order valence-electron chi connectivity index (χ0n) is 28.3. The third kappa shape index (κ3) is 5.51. The fourth-order valence-electron chi connectivity index (χ4n) is 8.55. The summed E-state index contributed by atoms with van der Waals surface area (Å²) in [5, 5.41) is 9.88. The summed E-state index contributed by atoms with van der Waals surface area (Å²) in [6.45, 7) is 6.20. The van der Waals surface area contributed by atoms with Crippen molar-refractivity contribution in [1.29, 1.82) is 0 Å². The minimum Gasteiger partial charge on any atom is -0.497 e. The molecule has 11 nitrogen and oxygen atoms in total. The first-order valence-electron chi connectivity index (χ1n) is 16.9. The highest BCUT2D eigenvalue weighted by Gasteiger charge is 2.66. The van der Waals surface area contributed by atoms with Crippen molar-refractivity contribution in [3.05, 3.63) is 77.9 Å². The van der Waals surface area contributed by atoms with Crippen LogP contribution in [0.5, 0.6) is 11.5 Å². The summed E-state index contributed by atoms with van der Waals surface area (Å²) in [6.07, 6.45) is 0.869. The minimum absolute atomic E-state index is 0.00786. The molecule has 0 aliphatic carbocycles. The van der Waals surface area contributed by atoms with Crippen molar-refractivity contribution in [3.63, 3.8) is 0 Å². The molecule has 0 unspecified atom stereocenters. The lowest BCUT2D eigenvalue weighted by molar-refractivity contribution is -0.150. The van der Waals surface area contributed by atoms with Gasteiger partial charge in [-0.15, -0.1) is 0 Å². The second-order valence-electron chi connectivity index (χ2n) is 14.1. The number of ether oxygens (including phenoxy) is 3. The van der Waals surface area contributed by atoms with Crippen LogP contribution in [-0.4, -0.2) is 79.9 Å². The quantitative estimate of drug-likeness (QED) is 0.333. The molecule has 2 saturated heterocycles. The van der Waals surface area contributed by atoms with Gasteiger partial charge in [-0.2, -0.15) is 0 Å². The number of nitrogens with zero attached hydrogens (tertiary/aromatic N) is 3. The predicted molar refractivity (Wildman–Crippen MR) is 185 cm³/mol. The summed E-state index contributed by atoms with van der Waals surface area (Å²) in [7, 11) is -1.43. The van der Waals surface area contributed by atoms with Crippen LogP contribution in [0.1, 0.15) is 37.3 Å². The molecule has 1 spiro atoms. The van der Waals surface area contributed by atoms with Gasteiger partial charge in [-0.1, -0.05) is 31.2 Å². The third-order valence-corrected chi connectivity index (χ3v) is 13.2. The number of amides is 3. The van der Waals surface area contributed by atoms with Crippen LogP contribution in [0.4, 0.5) is 17.1 Å². The maximum Gasteiger partial charge on any atom is 0.269 e. The van der Waals surface area contributed by atoms with Crippen LogP contribution in [0.15, 0.2) is 66.7 Å². The van der Waals surface area contributed by atoms with Crippen LogP contribution in [0.2, 0.25) is 18.6 Å². The van der Waals surface area contributed by atoms with Crippen molar-refractivity contribution in [3.8, 4) is 11.5 Å². The molecule has 0 bridgehead atoms. The van der Waals surface area contributed by atoms with Crippen LogP contribution >= 0.6 is 0 Å². The van der Waals surface area contributed by atoms with Gasteiger partial charge in [0.05, 0.1) is 50.2 Å². The van der Waals surface area contributed by atoms with E-state index in [1.807, 2.05) is 86.7 Å². The molecule has 0 aromatic heterocycles. The highest BCUT2D eigenvalue weighted by atomic mass is 28.4. The number of carbonyl (C=O) groups is 3. The summed E-state index contributed by atoms with van der Waals surface area (Å²) in [5.74, 6) is 0.122. The summed E-state index contributed by atoms with van der Waals surface area (Å²) in [4.78, 5) is 58.4. The summed E-state index contributed by atoms with van der Waals surface area (Å²) in [5.41, 5.74) is 1.55. The second-order valence-corrected chi connectivity index (χ2v) is 18.0. The SMILES string of the molecule is COc1ccc2c(c1)[C@]1(O[C@@H](CC(=O)N3CCC[C@H]3CO)[C@H]([Si](C)(C)O)[C@H]1C)C(=O)N2Cc1cccc(N2C(=O)COc3ccccc32)c1. The molecule has 2 N–H and O–H groups in total. The van der Waals surface area contributed by atoms with Crippen LogP contribution in [-0.2, 0) is 31.3 Å². The number of rotatable bonds is 8. The Labute approximate surface area is 287 Å². The van der Waals surface area contributed by atoms with Gasteiger partial charge < -0.3 is 33.9 Å². The van der Waals surface area contributed by atoms with E-state index in [1.54, 1.807) is 21.8 Å². The number of aliphatic hydroxyl groups is 1. The Bertz CT molecular complexity index is 1800. The van der Waals surface area contributed by atoms with Crippen molar-refractivity contribution >= 4 is 43.1 Å². The lowest BCUT2D eigenvalue weighted by Crippen LogP contribution is -2.46. The van der Waals surface area contributed by atoms with E-state index in [0.717, 1.165) is 18.4 Å². The van der Waals surface area contributed by atoms with E-state index in [4.69, 9.17) is 14.2 Å². The van der Waals surface area contributed by atoms with Gasteiger partial charge in [-0.3, -0.25) is 19.3 Å². The van der Waals surface area contributed by atoms with E-state index in [1.165, 1.54) is 0 Å². The van der Waals surface area contributed by atoms with E-state index in [9.17, 15) is 24.3 Å². The van der Waals surface area contributed by atoms with Gasteiger partial charge in [0, 0.05) is 29.3 Å². The molecule has 4 heterocycles. The number of carbonyl (C=O) groups excluding carboxylic acids is 3. The van der Waals surface area contributed by atoms with E-state index < -0.39 is 31.5 Å². The molecule has 258 valence electrons. The zero-order chi connectivity index (χ0) is 34.7. The molecule has 49 heavy (non-hydrogen) atoms. The average Bonchev–Trinajstić information content (AvgIpc) is 3.75. The van der Waals surface area contributed by atoms with Crippen molar-refractivity contribution in [2.75, 3.05) is 36.7 Å². The lowest BCUT2D eigenvalue weighted by Gasteiger charge is -2.33. The van der Waals surface area contributed by atoms with Crippen LogP contribution in [0.25, 0.3) is 0 Å². The monoisotopic (exact) mass is 685 g/mol. The zero-order valence-corrected chi connectivity index (χ0v) is 29.3. The fourth-order valence-corrected chi connectivity index (χ4v) is 11.1. The van der Waals surface area contributed by atoms with E-state index in [-0.39, 0.29) is 49.9 Å². The number of benzene rings is 3. The second kappa shape index (κ2) is 12.6. The first kappa shape index (κ1) is 33.3. The molecule has 4 aliphatic heterocycles. The molecule has 0 radical (unpaired) electrons. The van der Waals surface area contributed by atoms with Gasteiger partial charge in [0.25, 0.3) is 11.8 Å². The largest absolute Gasteiger partial charge is 0.497 e. The number of anilines is 3. The molecule has 3 aromatic carbocycles. The molecule has 7 rings (SSSR count). The van der Waals surface area contributed by atoms with E-state index in [0.29, 0.717) is 40.7 Å². The Morgan fingerprint density at radius 2 is 1.86 bits per heavy atom. The van der Waals surface area contributed by atoms with Gasteiger partial charge in [0.2, 0.25) is 5.91 Å². The average molecular weight is 686 g/mol. The van der Waals surface area contributed by atoms with Crippen molar-refractivity contribution in [2.45, 2.75) is 69.1 Å². The standard InChI is InChI=1S/C37H43N3O8Si/c1-23-35(49(3,4)45)32(19-33(42)38-16-8-11-26(38)21-41)48-37(23)28-18-27(46-2)14-15-29(28)39(36(37)44)20-24-9-7-10-25(17-24)40-30-12-5-6-13-31(30)47-22-34(40)43/h5-7,9-10,12-15,17-18,23,26,32,35,41,45H,8,11,16,19-22H2,1-4H3/t23-,26+,32+,35-,37+/m1/s1. The first-order valence-corrected chi connectivity index (χ1v) is 19.9. The van der Waals surface area contributed by atoms with E-state index in [2.05, 4.69) is 0 Å². The number of likely N-dealkylation sites (tertiary alicyclic amines) is 1. The minimum atomic E-state index is -3.00. The Morgan fingerprint density at radius 1 is 1.06 bits per heavy atom. The van der Waals surface area contributed by atoms with Crippen LogP contribution in [0, 0.1) is 5.92 Å². The third-order valence-electron chi connectivity index (χ3n) is 10.7. The van der Waals surface area contributed by atoms with Crippen molar-refractivity contribution in [2.24, 2.45) is 5.92 Å². The highest BCUT2D eigenvalue weighted by molar-refractivity contribution is 6.71. The molecule has 5 atom stereocenters. The molecule has 4 aliphatic rings. The normalized spacial score (nSPS) is 26.3. The summed E-state index contributed by atoms with van der Waals surface area (Å²) in [6, 6.07) is 20.2. The molecular formula is C37H43N3O8Si. The van der Waals surface area contributed by atoms with Gasteiger partial charge in [-0.25, -0.2) is 0 Å². The van der Waals surface area contributed by atoms with Gasteiger partial charge in [0.1, 0.15) is 11.5 Å². The number of aliphatic hydroxyl groups excluding tert-OH is 1. The Hall–Kier alpha value is -4.23. The first-order chi connectivity index (χ1) is 23.5. The number of methoxy groups -OCH3 is 1. The molecule has 3 aromatic rings. The Kier molecular flexibility index (Phi) is 8.54. The maximum atomic E-state index is 14.9. The molecular weight excluding hydrogens is 643 g/mol. The van der Waals surface area contributed by atoms with Crippen molar-refractivity contribution in [1.82, 2.24) is 4.90 Å². The topological polar surface area (TPSA) is 129 Å².